The largest absolute Gasteiger partial charge is 0.456 e. The molecule has 0 N–H and O–H groups in total. The van der Waals surface area contributed by atoms with Gasteiger partial charge in [-0.15, -0.1) is 0 Å². The van der Waals surface area contributed by atoms with Crippen molar-refractivity contribution in [2.24, 2.45) is 0 Å². The number of fused-ring (bicyclic) bond motifs is 16. The van der Waals surface area contributed by atoms with Gasteiger partial charge >= 0.3 is 0 Å². The maximum absolute atomic E-state index is 6.90. The summed E-state index contributed by atoms with van der Waals surface area (Å²) in [5, 5.41) is 20.6. The maximum Gasteiger partial charge on any atom is 0.296 e. The van der Waals surface area contributed by atoms with E-state index in [2.05, 4.69) is 340 Å². The molecule has 20 heterocycles. The van der Waals surface area contributed by atoms with E-state index in [4.69, 9.17) is 18.9 Å². The summed E-state index contributed by atoms with van der Waals surface area (Å²) in [5.74, 6) is 7.24. The van der Waals surface area contributed by atoms with Crippen molar-refractivity contribution >= 4 is 158 Å². The van der Waals surface area contributed by atoms with Gasteiger partial charge in [-0.1, -0.05) is 115 Å². The van der Waals surface area contributed by atoms with Gasteiger partial charge in [0, 0.05) is 81.1 Å². The van der Waals surface area contributed by atoms with Crippen molar-refractivity contribution in [2.75, 3.05) is 0 Å². The van der Waals surface area contributed by atoms with Crippen LogP contribution in [0.1, 0.15) is 50.1 Å². The Morgan fingerprint density at radius 2 is 0.500 bits per heavy atom. The number of nitrogens with zero attached hydrogens (tertiary/aromatic N) is 8. The van der Waals surface area contributed by atoms with Gasteiger partial charge in [-0.2, -0.15) is 13.2 Å². The van der Waals surface area contributed by atoms with Gasteiger partial charge in [0.15, 0.2) is 16.6 Å². The standard InChI is InChI=1S/2C36H18N3O.C30H15N2O2/c1-3-12-26-19(7-1)22-14-16-28-30-33(22)38(26)27-13-4-2-11-25(27)36(30)31-29(40-28)17-15-23-20-8-5-9-21-24-10-6-18-37(36)35(24)39(32(20)21)34(23)31;1-2-13-26-19(7-1)20-10-4-12-25-33(20)38(26)27-14-5-15-28-30(27)36(25)31-29(40-28)17-16-23-21-8-3-9-22-24-11-6-18-37(36)35(24)39(32(21)22)34(23)31;1-2-10-21-20(9-1)30-25-22(33-21)11-4-12-23(25)34-24-14-13-18-16-6-3-7-17-19-8-5-15-31(30)29(19)32(27(16)17)28(18)26(24)30/h2*1-18H;1-15H/q3*+1. The average molecular weight is 1450 g/mol. The molecule has 0 saturated heterocycles. The van der Waals surface area contributed by atoms with E-state index in [0.29, 0.717) is 0 Å². The lowest BCUT2D eigenvalue weighted by Crippen LogP contribution is -2.62. The summed E-state index contributed by atoms with van der Waals surface area (Å²) in [6.45, 7) is 0. The number of rotatable bonds is 0. The van der Waals surface area contributed by atoms with E-state index < -0.39 is 16.6 Å². The first-order chi connectivity index (χ1) is 56.6. The molecule has 0 bridgehead atoms. The van der Waals surface area contributed by atoms with Crippen LogP contribution < -0.4 is 32.6 Å². The fourth-order valence-corrected chi connectivity index (χ4v) is 24.7. The molecular formula is C102H51N8O4+3. The summed E-state index contributed by atoms with van der Waals surface area (Å²) in [7, 11) is 0. The Balaban J connectivity index is 0.0000000842. The van der Waals surface area contributed by atoms with Crippen molar-refractivity contribution in [3.63, 3.8) is 0 Å². The molecule has 520 valence electrons. The lowest BCUT2D eigenvalue weighted by Gasteiger charge is -2.43. The zero-order valence-corrected chi connectivity index (χ0v) is 60.2. The zero-order valence-electron chi connectivity index (χ0n) is 60.2. The van der Waals surface area contributed by atoms with Crippen LogP contribution >= 0.6 is 0 Å². The Labute approximate surface area is 643 Å². The van der Waals surface area contributed by atoms with Crippen LogP contribution in [0.5, 0.6) is 46.0 Å². The van der Waals surface area contributed by atoms with Crippen LogP contribution in [0, 0.1) is 0 Å². The Kier molecular flexibility index (Phi) is 8.82. The Hall–Kier alpha value is -15.3. The maximum atomic E-state index is 6.90. The third-order valence-electron chi connectivity index (χ3n) is 28.2. The highest BCUT2D eigenvalue weighted by molar-refractivity contribution is 6.27. The van der Waals surface area contributed by atoms with Crippen LogP contribution in [-0.4, -0.2) is 22.3 Å². The molecule has 3 spiro atoms. The van der Waals surface area contributed by atoms with E-state index in [-0.39, 0.29) is 0 Å². The third kappa shape index (κ3) is 5.47. The van der Waals surface area contributed by atoms with E-state index in [1.165, 1.54) is 209 Å². The van der Waals surface area contributed by atoms with Crippen LogP contribution in [0.25, 0.3) is 170 Å². The minimum Gasteiger partial charge on any atom is -0.456 e. The van der Waals surface area contributed by atoms with E-state index in [1.807, 2.05) is 6.07 Å². The second kappa shape index (κ2) is 17.9. The van der Waals surface area contributed by atoms with Crippen LogP contribution in [-0.2, 0) is 16.6 Å². The van der Waals surface area contributed by atoms with Crippen LogP contribution in [0.4, 0.5) is 0 Å². The number of hydrogen-bond donors (Lipinski definition) is 0. The highest BCUT2D eigenvalue weighted by Gasteiger charge is 2.64. The number of benzene rings is 14. The first-order valence-electron chi connectivity index (χ1n) is 39.4. The van der Waals surface area contributed by atoms with Crippen LogP contribution in [0.15, 0.2) is 310 Å². The van der Waals surface area contributed by atoms with Crippen molar-refractivity contribution in [3.8, 4) is 57.4 Å². The number of ether oxygens (including phenoxy) is 4. The molecule has 3 atom stereocenters. The van der Waals surface area contributed by atoms with E-state index in [0.717, 1.165) is 57.1 Å². The van der Waals surface area contributed by atoms with Gasteiger partial charge in [0.2, 0.25) is 16.6 Å². The third-order valence-corrected chi connectivity index (χ3v) is 28.2. The van der Waals surface area contributed by atoms with Crippen LogP contribution in [0.3, 0.4) is 0 Å². The smallest absolute Gasteiger partial charge is 0.296 e. The minimum atomic E-state index is -0.583. The summed E-state index contributed by atoms with van der Waals surface area (Å²) >= 11 is 0. The normalized spacial score (nSPS) is 18.0. The molecule has 0 amide bonds. The van der Waals surface area contributed by atoms with Gasteiger partial charge < -0.3 is 28.1 Å². The van der Waals surface area contributed by atoms with Gasteiger partial charge in [0.05, 0.1) is 90.4 Å². The molecule has 0 fully saturated rings. The molecule has 9 aliphatic heterocycles. The van der Waals surface area contributed by atoms with Gasteiger partial charge in [-0.25, -0.2) is 13.7 Å². The predicted molar refractivity (Wildman–Crippen MR) is 444 cm³/mol. The zero-order chi connectivity index (χ0) is 72.7. The number of aromatic nitrogens is 8. The summed E-state index contributed by atoms with van der Waals surface area (Å²) in [6.07, 6.45) is 6.83. The highest BCUT2D eigenvalue weighted by atomic mass is 16.5. The van der Waals surface area contributed by atoms with Crippen LogP contribution in [0.2, 0.25) is 0 Å². The molecule has 11 aromatic heterocycles. The molecule has 12 nitrogen and oxygen atoms in total. The molecule has 0 radical (unpaired) electrons. The molecule has 114 heavy (non-hydrogen) atoms. The Morgan fingerprint density at radius 1 is 0.193 bits per heavy atom. The molecule has 12 heteroatoms. The van der Waals surface area contributed by atoms with Crippen molar-refractivity contribution in [2.45, 2.75) is 16.6 Å². The topological polar surface area (TPSA) is 71.7 Å². The van der Waals surface area contributed by atoms with E-state index in [9.17, 15) is 0 Å². The Morgan fingerprint density at radius 3 is 1.02 bits per heavy atom. The average Bonchev–Trinajstić information content (AvgIpc) is 1.43. The second-order valence-electron chi connectivity index (χ2n) is 32.5. The molecule has 34 rings (SSSR count). The molecular weight excluding hydrogens is 1400 g/mol. The summed E-state index contributed by atoms with van der Waals surface area (Å²) in [4.78, 5) is 0. The summed E-state index contributed by atoms with van der Waals surface area (Å²) in [6, 6.07) is 106. The molecule has 0 saturated carbocycles. The van der Waals surface area contributed by atoms with Crippen molar-refractivity contribution < 1.29 is 32.6 Å². The van der Waals surface area contributed by atoms with Gasteiger partial charge in [0.25, 0.3) is 16.9 Å². The number of para-hydroxylation sites is 8. The van der Waals surface area contributed by atoms with Gasteiger partial charge in [0.1, 0.15) is 79.2 Å². The minimum absolute atomic E-state index is 0.574. The molecule has 0 aliphatic carbocycles. The second-order valence-corrected chi connectivity index (χ2v) is 32.5. The quantitative estimate of drug-likeness (QED) is 0.142. The molecule has 3 unspecified atom stereocenters. The summed E-state index contributed by atoms with van der Waals surface area (Å²) in [5.41, 5.74) is 28.0. The lowest BCUT2D eigenvalue weighted by atomic mass is 9.70. The lowest BCUT2D eigenvalue weighted by molar-refractivity contribution is -0.714. The fraction of sp³-hybridized carbons (Fsp3) is 0.0294. The summed E-state index contributed by atoms with van der Waals surface area (Å²) < 4.78 is 46.9. The first kappa shape index (κ1) is 56.0. The van der Waals surface area contributed by atoms with E-state index >= 15 is 0 Å². The monoisotopic (exact) mass is 1450 g/mol. The van der Waals surface area contributed by atoms with Crippen molar-refractivity contribution in [1.29, 1.82) is 0 Å². The molecule has 25 aromatic rings. The van der Waals surface area contributed by atoms with Gasteiger partial charge in [-0.05, 0) is 176 Å². The first-order valence-corrected chi connectivity index (χ1v) is 39.4. The SMILES string of the molecule is c1cc2c3c(c1)-n1c4ccccc4c4cccc(c41)C31c3c(ccc4c5cccc6c7ccc[n+]1c7n(c34)c56)O2.c1ccc2c(c1)-n1c3ccccc3c3ccc4c(c31)C21c2c(ccc3c5cccc6c7ccc[n+]1c7n(c23)c56)O4.c1ccc2c(c1)Oc1cccc3c1C21c2c(ccc4c5cccc6c7ccc[n+]1c7n(c24)c56)O3. The van der Waals surface area contributed by atoms with Crippen molar-refractivity contribution in [3.05, 3.63) is 360 Å². The van der Waals surface area contributed by atoms with E-state index in [1.54, 1.807) is 0 Å². The number of hydrogen-bond acceptors (Lipinski definition) is 4. The predicted octanol–water partition coefficient (Wildman–Crippen LogP) is 22.1. The number of pyridine rings is 3. The molecule has 14 aromatic carbocycles. The van der Waals surface area contributed by atoms with Crippen molar-refractivity contribution in [1.82, 2.24) is 22.3 Å². The molecule has 9 aliphatic rings. The Bertz CT molecular complexity index is 8920. The highest BCUT2D eigenvalue weighted by Crippen LogP contribution is 2.66. The fourth-order valence-electron chi connectivity index (χ4n) is 24.7. The van der Waals surface area contributed by atoms with Gasteiger partial charge in [-0.3, -0.25) is 0 Å².